The highest BCUT2D eigenvalue weighted by atomic mass is 16.3. The summed E-state index contributed by atoms with van der Waals surface area (Å²) in [6.45, 7) is 4.15. The van der Waals surface area contributed by atoms with Crippen molar-refractivity contribution in [1.29, 1.82) is 0 Å². The van der Waals surface area contributed by atoms with Gasteiger partial charge in [0.15, 0.2) is 11.2 Å². The predicted octanol–water partition coefficient (Wildman–Crippen LogP) is 1.78. The van der Waals surface area contributed by atoms with Crippen molar-refractivity contribution in [2.75, 3.05) is 17.6 Å². The number of aliphatic hydroxyl groups is 1. The van der Waals surface area contributed by atoms with Crippen molar-refractivity contribution in [3.05, 3.63) is 64.4 Å². The lowest BCUT2D eigenvalue weighted by Crippen LogP contribution is -2.47. The van der Waals surface area contributed by atoms with Crippen molar-refractivity contribution >= 4 is 34.6 Å². The molecule has 0 spiro atoms. The summed E-state index contributed by atoms with van der Waals surface area (Å²) in [5, 5.41) is 18.1. The quantitative estimate of drug-likeness (QED) is 0.111. The van der Waals surface area contributed by atoms with Crippen LogP contribution in [0.25, 0.3) is 11.2 Å². The molecule has 0 radical (unpaired) electrons. The Morgan fingerprint density at radius 3 is 2.68 bits per heavy atom. The maximum atomic E-state index is 12.8. The summed E-state index contributed by atoms with van der Waals surface area (Å²) < 4.78 is 0. The fourth-order valence-corrected chi connectivity index (χ4v) is 3.50. The number of hydrogen-bond acceptors (Lipinski definition) is 9. The molecule has 2 amide bonds. The number of nitrogens with one attached hydrogen (secondary N) is 4. The molecular weight excluding hydrogens is 488 g/mol. The van der Waals surface area contributed by atoms with E-state index in [1.54, 1.807) is 24.3 Å². The molecule has 1 atom stereocenters. The smallest absolute Gasteiger partial charge is 0.280 e. The molecule has 0 aliphatic heterocycles. The molecule has 0 bridgehead atoms. The van der Waals surface area contributed by atoms with Gasteiger partial charge in [0.05, 0.1) is 24.2 Å². The van der Waals surface area contributed by atoms with Crippen LogP contribution in [0.2, 0.25) is 0 Å². The van der Waals surface area contributed by atoms with Gasteiger partial charge in [-0.15, -0.1) is 12.3 Å². The maximum absolute atomic E-state index is 12.8. The van der Waals surface area contributed by atoms with Crippen LogP contribution in [0.15, 0.2) is 47.6 Å². The number of carbonyl (C=O) groups excluding carboxylic acids is 2. The summed E-state index contributed by atoms with van der Waals surface area (Å²) in [5.74, 6) is 1.68. The summed E-state index contributed by atoms with van der Waals surface area (Å²) in [7, 11) is 0. The average Bonchev–Trinajstić information content (AvgIpc) is 2.89. The number of anilines is 2. The zero-order valence-corrected chi connectivity index (χ0v) is 20.8. The molecule has 0 fully saturated rings. The molecule has 0 saturated carbocycles. The van der Waals surface area contributed by atoms with Gasteiger partial charge in [-0.1, -0.05) is 6.58 Å². The Labute approximate surface area is 219 Å². The standard InChI is InChI=1S/C26H30N8O4/c1-3-4-5-6-13-28-24(37)20(12-7-16(2)35)32-23(36)17-8-10-18(11-9-17)29-14-19-15-30-22-21(31-19)25(38)34-26(27)33-22/h1,8-11,15,20,29,35H,2,4-7,12-14H2,(H,28,37)(H,32,36)(H3,27,30,33,34,38)/t20-/m0/s1. The highest BCUT2D eigenvalue weighted by molar-refractivity contribution is 5.97. The zero-order chi connectivity index (χ0) is 27.5. The molecule has 38 heavy (non-hydrogen) atoms. The van der Waals surface area contributed by atoms with Crippen molar-refractivity contribution in [3.8, 4) is 12.3 Å². The number of amides is 2. The number of nitrogens with two attached hydrogens (primary N) is 1. The van der Waals surface area contributed by atoms with E-state index < -0.39 is 17.5 Å². The highest BCUT2D eigenvalue weighted by Crippen LogP contribution is 2.13. The normalized spacial score (nSPS) is 11.3. The van der Waals surface area contributed by atoms with Gasteiger partial charge in [0, 0.05) is 30.6 Å². The highest BCUT2D eigenvalue weighted by Gasteiger charge is 2.21. The van der Waals surface area contributed by atoms with Crippen LogP contribution >= 0.6 is 0 Å². The molecule has 3 rings (SSSR count). The monoisotopic (exact) mass is 518 g/mol. The first-order chi connectivity index (χ1) is 18.3. The van der Waals surface area contributed by atoms with Crippen LogP contribution in [-0.2, 0) is 11.3 Å². The van der Waals surface area contributed by atoms with Crippen molar-refractivity contribution in [1.82, 2.24) is 30.6 Å². The lowest BCUT2D eigenvalue weighted by Gasteiger charge is -2.18. The van der Waals surface area contributed by atoms with Crippen LogP contribution in [0, 0.1) is 12.3 Å². The molecule has 3 aromatic rings. The number of aromatic nitrogens is 4. The Morgan fingerprint density at radius 2 is 1.97 bits per heavy atom. The molecule has 0 aliphatic rings. The number of H-pyrrole nitrogens is 1. The van der Waals surface area contributed by atoms with Gasteiger partial charge < -0.3 is 26.8 Å². The Morgan fingerprint density at radius 1 is 1.21 bits per heavy atom. The number of fused-ring (bicyclic) bond motifs is 1. The number of rotatable bonds is 13. The largest absolute Gasteiger partial charge is 0.513 e. The number of nitrogens with zero attached hydrogens (tertiary/aromatic N) is 3. The Balaban J connectivity index is 1.58. The Hall–Kier alpha value is -4.92. The number of aromatic amines is 1. The number of carbonyl (C=O) groups is 2. The van der Waals surface area contributed by atoms with E-state index in [1.165, 1.54) is 6.20 Å². The van der Waals surface area contributed by atoms with Gasteiger partial charge in [0.1, 0.15) is 6.04 Å². The van der Waals surface area contributed by atoms with Crippen LogP contribution in [0.3, 0.4) is 0 Å². The van der Waals surface area contributed by atoms with E-state index in [-0.39, 0.29) is 48.2 Å². The number of unbranched alkanes of at least 4 members (excludes halogenated alkanes) is 2. The SMILES string of the molecule is C#CCCCCNC(=O)[C@H](CCC(=C)O)NC(=O)c1ccc(NCc2cnc3nc(N)[nH]c(=O)c3n2)cc1. The lowest BCUT2D eigenvalue weighted by atomic mass is 10.1. The zero-order valence-electron chi connectivity index (χ0n) is 20.8. The number of hydrogen-bond donors (Lipinski definition) is 6. The van der Waals surface area contributed by atoms with Gasteiger partial charge in [-0.2, -0.15) is 4.98 Å². The van der Waals surface area contributed by atoms with Gasteiger partial charge in [-0.05, 0) is 43.5 Å². The van der Waals surface area contributed by atoms with Crippen molar-refractivity contribution in [2.24, 2.45) is 0 Å². The summed E-state index contributed by atoms with van der Waals surface area (Å²) in [6.07, 6.45) is 9.25. The fourth-order valence-electron chi connectivity index (χ4n) is 3.50. The molecule has 2 aromatic heterocycles. The number of aliphatic hydroxyl groups excluding tert-OH is 1. The average molecular weight is 519 g/mol. The second-order valence-corrected chi connectivity index (χ2v) is 8.50. The van der Waals surface area contributed by atoms with E-state index in [4.69, 9.17) is 12.2 Å². The molecule has 12 nitrogen and oxygen atoms in total. The van der Waals surface area contributed by atoms with Crippen molar-refractivity contribution in [3.63, 3.8) is 0 Å². The third-order valence-electron chi connectivity index (χ3n) is 5.50. The molecule has 0 saturated heterocycles. The molecule has 2 heterocycles. The van der Waals surface area contributed by atoms with Gasteiger partial charge in [0.2, 0.25) is 11.9 Å². The van der Waals surface area contributed by atoms with E-state index in [1.807, 2.05) is 0 Å². The van der Waals surface area contributed by atoms with E-state index in [0.717, 1.165) is 12.8 Å². The fraction of sp³-hybridized carbons (Fsp3) is 0.308. The predicted molar refractivity (Wildman–Crippen MR) is 144 cm³/mol. The second-order valence-electron chi connectivity index (χ2n) is 8.50. The molecule has 1 aromatic carbocycles. The Kier molecular flexibility index (Phi) is 9.76. The van der Waals surface area contributed by atoms with Crippen LogP contribution in [0.4, 0.5) is 11.6 Å². The number of allylic oxidation sites excluding steroid dienone is 1. The van der Waals surface area contributed by atoms with Gasteiger partial charge in [0.25, 0.3) is 11.5 Å². The molecule has 0 aliphatic carbocycles. The minimum absolute atomic E-state index is 0.0336. The van der Waals surface area contributed by atoms with Crippen LogP contribution < -0.4 is 27.2 Å². The molecule has 12 heteroatoms. The van der Waals surface area contributed by atoms with E-state index in [2.05, 4.69) is 48.4 Å². The van der Waals surface area contributed by atoms with Gasteiger partial charge in [-0.25, -0.2) is 9.97 Å². The first-order valence-corrected chi connectivity index (χ1v) is 12.0. The summed E-state index contributed by atoms with van der Waals surface area (Å²) in [4.78, 5) is 52.2. The van der Waals surface area contributed by atoms with Gasteiger partial charge in [-0.3, -0.25) is 19.4 Å². The first-order valence-electron chi connectivity index (χ1n) is 12.0. The summed E-state index contributed by atoms with van der Waals surface area (Å²) >= 11 is 0. The van der Waals surface area contributed by atoms with E-state index in [0.29, 0.717) is 29.9 Å². The molecular formula is C26H30N8O4. The summed E-state index contributed by atoms with van der Waals surface area (Å²) in [6, 6.07) is 5.79. The topological polar surface area (TPSA) is 188 Å². The van der Waals surface area contributed by atoms with Crippen molar-refractivity contribution < 1.29 is 14.7 Å². The second kappa shape index (κ2) is 13.4. The van der Waals surface area contributed by atoms with Crippen LogP contribution in [0.5, 0.6) is 0 Å². The van der Waals surface area contributed by atoms with E-state index in [9.17, 15) is 19.5 Å². The number of nitrogen functional groups attached to an aromatic ring is 1. The van der Waals surface area contributed by atoms with E-state index >= 15 is 0 Å². The third-order valence-corrected chi connectivity index (χ3v) is 5.50. The molecule has 0 unspecified atom stereocenters. The van der Waals surface area contributed by atoms with Crippen LogP contribution in [0.1, 0.15) is 48.2 Å². The van der Waals surface area contributed by atoms with Crippen LogP contribution in [-0.4, -0.2) is 49.4 Å². The third kappa shape index (κ3) is 8.06. The maximum Gasteiger partial charge on any atom is 0.280 e. The number of benzene rings is 1. The minimum Gasteiger partial charge on any atom is -0.513 e. The summed E-state index contributed by atoms with van der Waals surface area (Å²) in [5.41, 5.74) is 6.85. The molecule has 198 valence electrons. The van der Waals surface area contributed by atoms with Gasteiger partial charge >= 0.3 is 0 Å². The van der Waals surface area contributed by atoms with Crippen molar-refractivity contribution in [2.45, 2.75) is 44.7 Å². The molecule has 7 N–H and O–H groups in total. The number of terminal acetylenes is 1. The minimum atomic E-state index is -0.837. The Bertz CT molecular complexity index is 1400. The first kappa shape index (κ1) is 27.7. The lowest BCUT2D eigenvalue weighted by molar-refractivity contribution is -0.123.